The van der Waals surface area contributed by atoms with Gasteiger partial charge >= 0.3 is 0 Å². The van der Waals surface area contributed by atoms with Crippen molar-refractivity contribution in [1.82, 2.24) is 9.80 Å². The fourth-order valence-electron chi connectivity index (χ4n) is 4.20. The maximum Gasteiger partial charge on any atom is 0.295 e. The number of amides is 1. The molecule has 0 saturated carbocycles. The van der Waals surface area contributed by atoms with E-state index in [0.29, 0.717) is 36.9 Å². The second kappa shape index (κ2) is 12.0. The van der Waals surface area contributed by atoms with E-state index in [1.54, 1.807) is 0 Å². The zero-order valence-corrected chi connectivity index (χ0v) is 21.0. The number of rotatable bonds is 11. The molecule has 1 fully saturated rings. The van der Waals surface area contributed by atoms with Crippen LogP contribution in [0.2, 0.25) is 0 Å². The molecule has 6 nitrogen and oxygen atoms in total. The van der Waals surface area contributed by atoms with Crippen LogP contribution < -0.4 is 4.74 Å². The second-order valence-corrected chi connectivity index (χ2v) is 9.13. The van der Waals surface area contributed by atoms with Gasteiger partial charge in [-0.3, -0.25) is 9.59 Å². The van der Waals surface area contributed by atoms with Crippen molar-refractivity contribution in [3.05, 3.63) is 71.0 Å². The van der Waals surface area contributed by atoms with Crippen molar-refractivity contribution in [1.29, 1.82) is 0 Å². The van der Waals surface area contributed by atoms with E-state index in [1.165, 1.54) is 29.2 Å². The zero-order valence-electron chi connectivity index (χ0n) is 21.0. The van der Waals surface area contributed by atoms with Crippen molar-refractivity contribution in [3.8, 4) is 5.75 Å². The summed E-state index contributed by atoms with van der Waals surface area (Å²) in [6.45, 7) is 11.5. The van der Waals surface area contributed by atoms with E-state index >= 15 is 0 Å². The molecule has 35 heavy (non-hydrogen) atoms. The third-order valence-electron chi connectivity index (χ3n) is 6.35. The zero-order chi connectivity index (χ0) is 25.5. The fourth-order valence-corrected chi connectivity index (χ4v) is 4.20. The highest BCUT2D eigenvalue weighted by Gasteiger charge is 2.46. The van der Waals surface area contributed by atoms with E-state index < -0.39 is 23.5 Å². The van der Waals surface area contributed by atoms with Crippen molar-refractivity contribution in [2.24, 2.45) is 5.92 Å². The van der Waals surface area contributed by atoms with Crippen LogP contribution >= 0.6 is 0 Å². The van der Waals surface area contributed by atoms with Gasteiger partial charge in [0.1, 0.15) is 17.3 Å². The quantitative estimate of drug-likeness (QED) is 0.277. The molecule has 1 unspecified atom stereocenters. The van der Waals surface area contributed by atoms with E-state index in [2.05, 4.69) is 18.7 Å². The Morgan fingerprint density at radius 3 is 2.43 bits per heavy atom. The number of hydrogen-bond acceptors (Lipinski definition) is 5. The lowest BCUT2D eigenvalue weighted by molar-refractivity contribution is -0.140. The number of ether oxygens (including phenoxy) is 1. The minimum Gasteiger partial charge on any atom is -0.507 e. The molecule has 1 N–H and O–H groups in total. The first-order valence-electron chi connectivity index (χ1n) is 12.3. The highest BCUT2D eigenvalue weighted by atomic mass is 19.1. The molecular formula is C28H35FN2O4. The molecular weight excluding hydrogens is 447 g/mol. The van der Waals surface area contributed by atoms with E-state index in [0.717, 1.165) is 19.5 Å². The second-order valence-electron chi connectivity index (χ2n) is 9.13. The molecule has 1 aliphatic heterocycles. The maximum atomic E-state index is 13.5. The summed E-state index contributed by atoms with van der Waals surface area (Å²) >= 11 is 0. The van der Waals surface area contributed by atoms with Gasteiger partial charge in [-0.25, -0.2) is 4.39 Å². The van der Waals surface area contributed by atoms with Gasteiger partial charge in [0.05, 0.1) is 18.2 Å². The van der Waals surface area contributed by atoms with Crippen molar-refractivity contribution in [2.75, 3.05) is 32.8 Å². The SMILES string of the molecule is CCN(CC)CCN1C(=O)C(=O)C(=C(O)c2ccc(F)cc2)C1c1cccc(OCCC(C)C)c1. The van der Waals surface area contributed by atoms with Crippen LogP contribution in [0.4, 0.5) is 4.39 Å². The van der Waals surface area contributed by atoms with Crippen LogP contribution in [-0.4, -0.2) is 59.4 Å². The number of hydrogen-bond donors (Lipinski definition) is 1. The van der Waals surface area contributed by atoms with Gasteiger partial charge in [-0.05, 0) is 67.4 Å². The smallest absolute Gasteiger partial charge is 0.295 e. The lowest BCUT2D eigenvalue weighted by Gasteiger charge is -2.28. The molecule has 1 aliphatic rings. The highest BCUT2D eigenvalue weighted by Crippen LogP contribution is 2.40. The average Bonchev–Trinajstić information content (AvgIpc) is 3.09. The number of halogens is 1. The summed E-state index contributed by atoms with van der Waals surface area (Å²) in [4.78, 5) is 30.0. The molecule has 1 heterocycles. The topological polar surface area (TPSA) is 70.1 Å². The van der Waals surface area contributed by atoms with Gasteiger partial charge in [0.25, 0.3) is 11.7 Å². The molecule has 7 heteroatoms. The van der Waals surface area contributed by atoms with Crippen LogP contribution in [0.25, 0.3) is 5.76 Å². The molecule has 188 valence electrons. The van der Waals surface area contributed by atoms with Gasteiger partial charge in [-0.2, -0.15) is 0 Å². The minimum atomic E-state index is -0.774. The van der Waals surface area contributed by atoms with Gasteiger partial charge in [-0.15, -0.1) is 0 Å². The van der Waals surface area contributed by atoms with E-state index in [4.69, 9.17) is 4.74 Å². The minimum absolute atomic E-state index is 0.000450. The number of aliphatic hydroxyl groups is 1. The van der Waals surface area contributed by atoms with Gasteiger partial charge in [0, 0.05) is 18.7 Å². The lowest BCUT2D eigenvalue weighted by atomic mass is 9.95. The molecule has 1 amide bonds. The Kier molecular flexibility index (Phi) is 9.04. The Hall–Kier alpha value is -3.19. The number of likely N-dealkylation sites (N-methyl/N-ethyl adjacent to an activating group) is 1. The van der Waals surface area contributed by atoms with Gasteiger partial charge in [0.2, 0.25) is 0 Å². The fraction of sp³-hybridized carbons (Fsp3) is 0.429. The first kappa shape index (κ1) is 26.4. The molecule has 0 radical (unpaired) electrons. The number of carbonyl (C=O) groups is 2. The molecule has 0 aliphatic carbocycles. The molecule has 2 aromatic carbocycles. The Morgan fingerprint density at radius 1 is 1.11 bits per heavy atom. The van der Waals surface area contributed by atoms with Gasteiger partial charge in [0.15, 0.2) is 0 Å². The van der Waals surface area contributed by atoms with Crippen LogP contribution in [0.3, 0.4) is 0 Å². The van der Waals surface area contributed by atoms with Crippen LogP contribution in [0, 0.1) is 11.7 Å². The molecule has 1 saturated heterocycles. The number of ketones is 1. The number of benzene rings is 2. The molecule has 0 spiro atoms. The first-order chi connectivity index (χ1) is 16.8. The first-order valence-corrected chi connectivity index (χ1v) is 12.3. The summed E-state index contributed by atoms with van der Waals surface area (Å²) in [6.07, 6.45) is 0.900. The molecule has 0 bridgehead atoms. The molecule has 2 aromatic rings. The van der Waals surface area contributed by atoms with E-state index in [-0.39, 0.29) is 16.9 Å². The Labute approximate surface area is 207 Å². The number of nitrogens with zero attached hydrogens (tertiary/aromatic N) is 2. The normalized spacial score (nSPS) is 17.6. The number of aliphatic hydroxyl groups excluding tert-OH is 1. The summed E-state index contributed by atoms with van der Waals surface area (Å²) in [5.41, 5.74) is 0.956. The van der Waals surface area contributed by atoms with E-state index in [9.17, 15) is 19.1 Å². The predicted molar refractivity (Wildman–Crippen MR) is 135 cm³/mol. The van der Waals surface area contributed by atoms with Gasteiger partial charge in [-0.1, -0.05) is 39.8 Å². The summed E-state index contributed by atoms with van der Waals surface area (Å²) in [5.74, 6) is -1.03. The van der Waals surface area contributed by atoms with Crippen LogP contribution in [-0.2, 0) is 9.59 Å². The number of likely N-dealkylation sites (tertiary alicyclic amines) is 1. The Morgan fingerprint density at radius 2 is 1.80 bits per heavy atom. The van der Waals surface area contributed by atoms with Crippen LogP contribution in [0.1, 0.15) is 51.3 Å². The van der Waals surface area contributed by atoms with Gasteiger partial charge < -0.3 is 19.6 Å². The molecule has 3 rings (SSSR count). The number of carbonyl (C=O) groups excluding carboxylic acids is 2. The summed E-state index contributed by atoms with van der Waals surface area (Å²) in [6, 6.07) is 11.8. The predicted octanol–water partition coefficient (Wildman–Crippen LogP) is 5.01. The van der Waals surface area contributed by atoms with Crippen LogP contribution in [0.15, 0.2) is 54.1 Å². The largest absolute Gasteiger partial charge is 0.507 e. The van der Waals surface area contributed by atoms with E-state index in [1.807, 2.05) is 38.1 Å². The standard InChI is InChI=1S/C28H35FN2O4/c1-5-30(6-2)15-16-31-25(21-8-7-9-23(18-21)35-17-14-19(3)4)24(27(33)28(31)34)26(32)20-10-12-22(29)13-11-20/h7-13,18-19,25,32H,5-6,14-17H2,1-4H3. The lowest BCUT2D eigenvalue weighted by Crippen LogP contribution is -2.38. The van der Waals surface area contributed by atoms with Crippen molar-refractivity contribution < 1.29 is 23.8 Å². The monoisotopic (exact) mass is 482 g/mol. The third-order valence-corrected chi connectivity index (χ3v) is 6.35. The molecule has 0 aromatic heterocycles. The summed E-state index contributed by atoms with van der Waals surface area (Å²) in [7, 11) is 0. The van der Waals surface area contributed by atoms with Crippen LogP contribution in [0.5, 0.6) is 5.75 Å². The van der Waals surface area contributed by atoms with Crippen molar-refractivity contribution >= 4 is 17.4 Å². The Bertz CT molecular complexity index is 1060. The highest BCUT2D eigenvalue weighted by molar-refractivity contribution is 6.46. The summed E-state index contributed by atoms with van der Waals surface area (Å²) < 4.78 is 19.4. The average molecular weight is 483 g/mol. The molecule has 1 atom stereocenters. The third kappa shape index (κ3) is 6.28. The van der Waals surface area contributed by atoms with Crippen molar-refractivity contribution in [3.63, 3.8) is 0 Å². The Balaban J connectivity index is 2.04. The maximum absolute atomic E-state index is 13.5. The van der Waals surface area contributed by atoms with Crippen molar-refractivity contribution in [2.45, 2.75) is 40.2 Å². The number of Topliss-reactive ketones (excluding diaryl/α,β-unsaturated/α-hetero) is 1. The summed E-state index contributed by atoms with van der Waals surface area (Å²) in [5, 5.41) is 11.1.